The molecular formula is C21H26N4O4S. The number of carbonyl (C=O) groups is 1. The molecule has 0 unspecified atom stereocenters. The van der Waals surface area contributed by atoms with Crippen molar-refractivity contribution in [3.8, 4) is 0 Å². The number of hydrogen-bond donors (Lipinski definition) is 2. The summed E-state index contributed by atoms with van der Waals surface area (Å²) in [6, 6.07) is 14.7. The summed E-state index contributed by atoms with van der Waals surface area (Å²) < 4.78 is 27.8. The molecule has 160 valence electrons. The maximum Gasteiger partial charge on any atom is 0.290 e. The molecule has 1 fully saturated rings. The average Bonchev–Trinajstić information content (AvgIpc) is 3.20. The van der Waals surface area contributed by atoms with Gasteiger partial charge in [0.05, 0.1) is 10.4 Å². The Morgan fingerprint density at radius 3 is 2.27 bits per heavy atom. The molecule has 0 bridgehead atoms. The lowest BCUT2D eigenvalue weighted by molar-refractivity contribution is -0.122. The Morgan fingerprint density at radius 2 is 1.67 bits per heavy atom. The quantitative estimate of drug-likeness (QED) is 0.612. The van der Waals surface area contributed by atoms with E-state index in [-0.39, 0.29) is 11.4 Å². The molecule has 1 aromatic heterocycles. The van der Waals surface area contributed by atoms with Crippen LogP contribution >= 0.6 is 0 Å². The average molecular weight is 431 g/mol. The van der Waals surface area contributed by atoms with Gasteiger partial charge in [0, 0.05) is 63.2 Å². The molecule has 0 amide bonds. The van der Waals surface area contributed by atoms with E-state index in [4.69, 9.17) is 9.90 Å². The van der Waals surface area contributed by atoms with Gasteiger partial charge < -0.3 is 20.2 Å². The van der Waals surface area contributed by atoms with Gasteiger partial charge in [-0.15, -0.1) is 0 Å². The number of nitrogens with zero attached hydrogens (tertiary/aromatic N) is 3. The van der Waals surface area contributed by atoms with E-state index in [9.17, 15) is 8.42 Å². The molecule has 30 heavy (non-hydrogen) atoms. The van der Waals surface area contributed by atoms with E-state index in [0.717, 1.165) is 42.9 Å². The lowest BCUT2D eigenvalue weighted by atomic mass is 10.2. The summed E-state index contributed by atoms with van der Waals surface area (Å²) in [5.74, 6) is 0. The highest BCUT2D eigenvalue weighted by atomic mass is 32.2. The number of aromatic nitrogens is 1. The second-order valence-corrected chi connectivity index (χ2v) is 8.87. The number of piperazine rings is 1. The van der Waals surface area contributed by atoms with Crippen LogP contribution in [0.25, 0.3) is 10.9 Å². The molecule has 0 spiro atoms. The minimum absolute atomic E-state index is 0.250. The van der Waals surface area contributed by atoms with E-state index in [1.807, 2.05) is 49.3 Å². The molecule has 2 N–H and O–H groups in total. The molecule has 0 saturated carbocycles. The monoisotopic (exact) mass is 430 g/mol. The molecule has 4 rings (SSSR count). The van der Waals surface area contributed by atoms with Crippen LogP contribution in [-0.2, 0) is 14.8 Å². The molecule has 8 nitrogen and oxygen atoms in total. The summed E-state index contributed by atoms with van der Waals surface area (Å²) in [6.45, 7) is 3.47. The van der Waals surface area contributed by atoms with Gasteiger partial charge in [-0.1, -0.05) is 6.07 Å². The fourth-order valence-corrected chi connectivity index (χ4v) is 4.89. The van der Waals surface area contributed by atoms with Crippen LogP contribution < -0.4 is 15.1 Å². The summed E-state index contributed by atoms with van der Waals surface area (Å²) in [5.41, 5.74) is 2.76. The minimum atomic E-state index is -3.64. The van der Waals surface area contributed by atoms with Gasteiger partial charge in [-0.25, -0.2) is 12.4 Å². The first-order chi connectivity index (χ1) is 14.4. The van der Waals surface area contributed by atoms with Crippen LogP contribution in [0, 0.1) is 0 Å². The molecule has 0 radical (unpaired) electrons. The third-order valence-corrected chi connectivity index (χ3v) is 6.75. The van der Waals surface area contributed by atoms with Gasteiger partial charge >= 0.3 is 0 Å². The van der Waals surface area contributed by atoms with Crippen LogP contribution in [-0.4, -0.2) is 64.2 Å². The fraction of sp³-hybridized carbons (Fsp3) is 0.286. The van der Waals surface area contributed by atoms with Crippen LogP contribution in [0.15, 0.2) is 59.6 Å². The topological polar surface area (TPSA) is 94.9 Å². The molecular weight excluding hydrogens is 404 g/mol. The zero-order valence-corrected chi connectivity index (χ0v) is 17.8. The molecule has 2 aromatic carbocycles. The van der Waals surface area contributed by atoms with Gasteiger partial charge in [-0.05, 0) is 42.5 Å². The number of anilines is 2. The van der Waals surface area contributed by atoms with Crippen LogP contribution in [0.3, 0.4) is 0 Å². The summed E-state index contributed by atoms with van der Waals surface area (Å²) >= 11 is 0. The Kier molecular flexibility index (Phi) is 6.63. The number of carboxylic acid groups (broad SMARTS) is 1. The summed E-state index contributed by atoms with van der Waals surface area (Å²) in [6.07, 6.45) is 1.66. The summed E-state index contributed by atoms with van der Waals surface area (Å²) in [4.78, 5) is 12.9. The number of fused-ring (bicyclic) bond motifs is 1. The Bertz CT molecular complexity index is 1100. The first-order valence-corrected chi connectivity index (χ1v) is 11.0. The Hall–Kier alpha value is -3.04. The van der Waals surface area contributed by atoms with Gasteiger partial charge in [-0.2, -0.15) is 0 Å². The molecule has 3 aromatic rings. The molecule has 9 heteroatoms. The maximum atomic E-state index is 13.2. The van der Waals surface area contributed by atoms with E-state index in [0.29, 0.717) is 5.52 Å². The van der Waals surface area contributed by atoms with Gasteiger partial charge in [0.15, 0.2) is 0 Å². The predicted molar refractivity (Wildman–Crippen MR) is 119 cm³/mol. The lowest BCUT2D eigenvalue weighted by Gasteiger charge is -2.30. The number of benzene rings is 2. The van der Waals surface area contributed by atoms with E-state index >= 15 is 0 Å². The lowest BCUT2D eigenvalue weighted by Crippen LogP contribution is -2.43. The predicted octanol–water partition coefficient (Wildman–Crippen LogP) is 2.05. The SMILES string of the molecule is CN(C)c1ccc(S(=O)(=O)n2ccc3c(N4CCNCC4)cccc32)cc1.O=CO. The van der Waals surface area contributed by atoms with Crippen molar-refractivity contribution in [3.05, 3.63) is 54.7 Å². The minimum Gasteiger partial charge on any atom is -0.483 e. The highest BCUT2D eigenvalue weighted by Crippen LogP contribution is 2.30. The Morgan fingerprint density at radius 1 is 1.03 bits per heavy atom. The third kappa shape index (κ3) is 4.27. The summed E-state index contributed by atoms with van der Waals surface area (Å²) in [5, 5.41) is 11.2. The highest BCUT2D eigenvalue weighted by molar-refractivity contribution is 7.90. The smallest absolute Gasteiger partial charge is 0.290 e. The third-order valence-electron chi connectivity index (χ3n) is 5.04. The normalized spacial score (nSPS) is 14.1. The van der Waals surface area contributed by atoms with Crippen molar-refractivity contribution in [3.63, 3.8) is 0 Å². The van der Waals surface area contributed by atoms with Gasteiger partial charge in [-0.3, -0.25) is 4.79 Å². The van der Waals surface area contributed by atoms with Crippen molar-refractivity contribution in [1.29, 1.82) is 0 Å². The molecule has 1 aliphatic rings. The zero-order chi connectivity index (χ0) is 21.7. The number of nitrogens with one attached hydrogen (secondary N) is 1. The second-order valence-electron chi connectivity index (χ2n) is 7.06. The summed E-state index contributed by atoms with van der Waals surface area (Å²) in [7, 11) is 0.217. The van der Waals surface area contributed by atoms with Crippen LogP contribution in [0.4, 0.5) is 11.4 Å². The molecule has 0 atom stereocenters. The molecule has 0 aliphatic carbocycles. The number of rotatable bonds is 4. The van der Waals surface area contributed by atoms with Gasteiger partial charge in [0.25, 0.3) is 16.5 Å². The standard InChI is InChI=1S/C20H24N4O2S.CH2O2/c1-22(2)16-6-8-17(9-7-16)27(25,26)24-13-10-18-19(4-3-5-20(18)24)23-14-11-21-12-15-23;2-1-3/h3-10,13,21H,11-12,14-15H2,1-2H3;1H,(H,2,3). The van der Waals surface area contributed by atoms with Crippen molar-refractivity contribution in [2.24, 2.45) is 0 Å². The molecule has 1 saturated heterocycles. The van der Waals surface area contributed by atoms with Crippen LogP contribution in [0.5, 0.6) is 0 Å². The maximum absolute atomic E-state index is 13.2. The first-order valence-electron chi connectivity index (χ1n) is 9.56. The second kappa shape index (κ2) is 9.19. The Labute approximate surface area is 176 Å². The van der Waals surface area contributed by atoms with Crippen LogP contribution in [0.2, 0.25) is 0 Å². The van der Waals surface area contributed by atoms with E-state index in [2.05, 4.69) is 16.3 Å². The fourth-order valence-electron chi connectivity index (χ4n) is 3.55. The van der Waals surface area contributed by atoms with E-state index in [1.165, 1.54) is 3.97 Å². The van der Waals surface area contributed by atoms with Gasteiger partial charge in [0.2, 0.25) is 0 Å². The van der Waals surface area contributed by atoms with Crippen molar-refractivity contribution in [2.45, 2.75) is 4.90 Å². The highest BCUT2D eigenvalue weighted by Gasteiger charge is 2.21. The first kappa shape index (κ1) is 21.7. The van der Waals surface area contributed by atoms with E-state index in [1.54, 1.807) is 18.3 Å². The largest absolute Gasteiger partial charge is 0.483 e. The Balaban J connectivity index is 0.000000806. The van der Waals surface area contributed by atoms with Crippen molar-refractivity contribution < 1.29 is 18.3 Å². The van der Waals surface area contributed by atoms with Crippen molar-refractivity contribution in [2.75, 3.05) is 50.1 Å². The van der Waals surface area contributed by atoms with Crippen molar-refractivity contribution in [1.82, 2.24) is 9.29 Å². The van der Waals surface area contributed by atoms with Crippen LogP contribution in [0.1, 0.15) is 0 Å². The van der Waals surface area contributed by atoms with Gasteiger partial charge in [0.1, 0.15) is 0 Å². The zero-order valence-electron chi connectivity index (χ0n) is 17.0. The van der Waals surface area contributed by atoms with Crippen molar-refractivity contribution >= 4 is 38.8 Å². The molecule has 2 heterocycles. The molecule has 1 aliphatic heterocycles. The number of hydrogen-bond acceptors (Lipinski definition) is 6. The van der Waals surface area contributed by atoms with E-state index < -0.39 is 10.0 Å².